The number of anilines is 1. The molecule has 1 N–H and O–H groups in total. The molecule has 0 saturated carbocycles. The van der Waals surface area contributed by atoms with Gasteiger partial charge in [-0.1, -0.05) is 23.7 Å². The number of likely N-dealkylation sites (tertiary alicyclic amines) is 1. The zero-order chi connectivity index (χ0) is 21.8. The molecule has 2 aromatic rings. The average molecular weight is 445 g/mol. The fraction of sp³-hybridized carbons (Fsp3) is 0.409. The van der Waals surface area contributed by atoms with Crippen LogP contribution in [0.4, 0.5) is 5.69 Å². The Labute approximate surface area is 185 Å². The highest BCUT2D eigenvalue weighted by molar-refractivity contribution is 6.33. The van der Waals surface area contributed by atoms with Gasteiger partial charge in [-0.15, -0.1) is 0 Å². The van der Waals surface area contributed by atoms with Crippen LogP contribution in [-0.4, -0.2) is 77.7 Å². The van der Waals surface area contributed by atoms with Crippen LogP contribution in [0.15, 0.2) is 47.1 Å². The fourth-order valence-electron chi connectivity index (χ4n) is 4.10. The predicted molar refractivity (Wildman–Crippen MR) is 116 cm³/mol. The smallest absolute Gasteiger partial charge is 0.290 e. The van der Waals surface area contributed by atoms with Crippen molar-refractivity contribution >= 4 is 35.0 Å². The van der Waals surface area contributed by atoms with Gasteiger partial charge in [-0.05, 0) is 37.1 Å². The van der Waals surface area contributed by atoms with Crippen molar-refractivity contribution < 1.29 is 18.8 Å². The van der Waals surface area contributed by atoms with E-state index in [1.165, 1.54) is 6.26 Å². The van der Waals surface area contributed by atoms with Crippen molar-refractivity contribution in [2.24, 2.45) is 0 Å². The molecule has 0 bridgehead atoms. The van der Waals surface area contributed by atoms with Crippen LogP contribution < -0.4 is 5.32 Å². The molecule has 1 aromatic carbocycles. The molecule has 2 aliphatic rings. The van der Waals surface area contributed by atoms with Gasteiger partial charge in [0.05, 0.1) is 23.5 Å². The lowest BCUT2D eigenvalue weighted by Gasteiger charge is -2.37. The fourth-order valence-corrected chi connectivity index (χ4v) is 4.28. The van der Waals surface area contributed by atoms with Gasteiger partial charge in [0.25, 0.3) is 5.91 Å². The van der Waals surface area contributed by atoms with Crippen LogP contribution in [-0.2, 0) is 9.59 Å². The number of amides is 3. The minimum atomic E-state index is -0.451. The first kappa shape index (κ1) is 21.4. The Morgan fingerprint density at radius 1 is 1.03 bits per heavy atom. The number of piperazine rings is 1. The number of para-hydroxylation sites is 1. The Morgan fingerprint density at radius 3 is 2.52 bits per heavy atom. The monoisotopic (exact) mass is 444 g/mol. The normalized spacial score (nSPS) is 19.5. The molecule has 3 amide bonds. The Balaban J connectivity index is 1.28. The number of carbonyl (C=O) groups is 3. The van der Waals surface area contributed by atoms with Gasteiger partial charge in [-0.3, -0.25) is 19.3 Å². The molecule has 1 atom stereocenters. The number of nitrogens with one attached hydrogen (secondary N) is 1. The standard InChI is InChI=1S/C22H25ClN4O4/c23-16-5-1-2-6-17(16)24-20(28)15-25-10-12-26(13-11-25)21(29)18-7-3-9-27(18)22(30)19-8-4-14-31-19/h1-2,4-6,8,14,18H,3,7,9-13,15H2,(H,24,28). The number of halogens is 1. The first-order chi connectivity index (χ1) is 15.0. The third kappa shape index (κ3) is 4.91. The molecule has 8 nitrogen and oxygen atoms in total. The summed E-state index contributed by atoms with van der Waals surface area (Å²) in [5.74, 6) is -0.152. The zero-order valence-electron chi connectivity index (χ0n) is 17.1. The minimum Gasteiger partial charge on any atom is -0.459 e. The number of hydrogen-bond acceptors (Lipinski definition) is 5. The van der Waals surface area contributed by atoms with Crippen molar-refractivity contribution in [3.8, 4) is 0 Å². The molecule has 3 heterocycles. The summed E-state index contributed by atoms with van der Waals surface area (Å²) in [6.07, 6.45) is 2.91. The summed E-state index contributed by atoms with van der Waals surface area (Å²) < 4.78 is 5.21. The summed E-state index contributed by atoms with van der Waals surface area (Å²) in [4.78, 5) is 43.5. The van der Waals surface area contributed by atoms with E-state index in [-0.39, 0.29) is 30.0 Å². The maximum Gasteiger partial charge on any atom is 0.290 e. The summed E-state index contributed by atoms with van der Waals surface area (Å²) in [6.45, 7) is 3.04. The molecule has 9 heteroatoms. The van der Waals surface area contributed by atoms with Gasteiger partial charge in [-0.2, -0.15) is 0 Å². The Morgan fingerprint density at radius 2 is 1.81 bits per heavy atom. The van der Waals surface area contributed by atoms with Crippen molar-refractivity contribution in [1.82, 2.24) is 14.7 Å². The van der Waals surface area contributed by atoms with Gasteiger partial charge >= 0.3 is 0 Å². The molecule has 2 fully saturated rings. The highest BCUT2D eigenvalue weighted by Crippen LogP contribution is 2.23. The molecular formula is C22H25ClN4O4. The lowest BCUT2D eigenvalue weighted by atomic mass is 10.1. The number of furan rings is 1. The molecular weight excluding hydrogens is 420 g/mol. The molecule has 1 aromatic heterocycles. The lowest BCUT2D eigenvalue weighted by Crippen LogP contribution is -2.55. The largest absolute Gasteiger partial charge is 0.459 e. The van der Waals surface area contributed by atoms with Crippen LogP contribution in [0.25, 0.3) is 0 Å². The second kappa shape index (κ2) is 9.53. The number of carbonyl (C=O) groups excluding carboxylic acids is 3. The SMILES string of the molecule is O=C(CN1CCN(C(=O)C2CCCN2C(=O)c2ccco2)CC1)Nc1ccccc1Cl. The molecule has 2 aliphatic heterocycles. The van der Waals surface area contributed by atoms with E-state index in [0.717, 1.165) is 6.42 Å². The second-order valence-corrected chi connectivity index (χ2v) is 8.17. The van der Waals surface area contributed by atoms with Gasteiger partial charge in [0.2, 0.25) is 11.8 Å². The van der Waals surface area contributed by atoms with Gasteiger partial charge in [0.1, 0.15) is 6.04 Å². The van der Waals surface area contributed by atoms with Crippen LogP contribution in [0, 0.1) is 0 Å². The Kier molecular flexibility index (Phi) is 6.58. The number of rotatable bonds is 5. The van der Waals surface area contributed by atoms with Crippen molar-refractivity contribution in [1.29, 1.82) is 0 Å². The van der Waals surface area contributed by atoms with Gasteiger partial charge in [0.15, 0.2) is 5.76 Å². The first-order valence-corrected chi connectivity index (χ1v) is 10.8. The molecule has 0 radical (unpaired) electrons. The van der Waals surface area contributed by atoms with Crippen LogP contribution >= 0.6 is 11.6 Å². The van der Waals surface area contributed by atoms with E-state index in [1.54, 1.807) is 34.1 Å². The third-order valence-electron chi connectivity index (χ3n) is 5.73. The van der Waals surface area contributed by atoms with E-state index in [9.17, 15) is 14.4 Å². The summed E-state index contributed by atoms with van der Waals surface area (Å²) in [6, 6.07) is 9.94. The van der Waals surface area contributed by atoms with Crippen molar-refractivity contribution in [3.05, 3.63) is 53.4 Å². The molecule has 31 heavy (non-hydrogen) atoms. The molecule has 1 unspecified atom stereocenters. The molecule has 4 rings (SSSR count). The van der Waals surface area contributed by atoms with Crippen molar-refractivity contribution in [2.45, 2.75) is 18.9 Å². The Hall–Kier alpha value is -2.84. The second-order valence-electron chi connectivity index (χ2n) is 7.76. The first-order valence-electron chi connectivity index (χ1n) is 10.4. The molecule has 164 valence electrons. The summed E-state index contributed by atoms with van der Waals surface area (Å²) >= 11 is 6.09. The van der Waals surface area contributed by atoms with Crippen LogP contribution in [0.3, 0.4) is 0 Å². The third-order valence-corrected chi connectivity index (χ3v) is 6.06. The number of benzene rings is 1. The molecule has 2 saturated heterocycles. The lowest BCUT2D eigenvalue weighted by molar-refractivity contribution is -0.137. The van der Waals surface area contributed by atoms with Gasteiger partial charge < -0.3 is 19.5 Å². The van der Waals surface area contributed by atoms with Crippen LogP contribution in [0.2, 0.25) is 5.02 Å². The maximum atomic E-state index is 13.1. The topological polar surface area (TPSA) is 86.1 Å². The van der Waals surface area contributed by atoms with Crippen LogP contribution in [0.5, 0.6) is 0 Å². The molecule has 0 spiro atoms. The predicted octanol–water partition coefficient (Wildman–Crippen LogP) is 2.32. The highest BCUT2D eigenvalue weighted by atomic mass is 35.5. The van der Waals surface area contributed by atoms with Crippen molar-refractivity contribution in [2.75, 3.05) is 44.6 Å². The van der Waals surface area contributed by atoms with E-state index >= 15 is 0 Å². The maximum absolute atomic E-state index is 13.1. The van der Waals surface area contributed by atoms with Gasteiger partial charge in [-0.25, -0.2) is 0 Å². The van der Waals surface area contributed by atoms with E-state index < -0.39 is 6.04 Å². The van der Waals surface area contributed by atoms with E-state index in [1.807, 2.05) is 17.0 Å². The number of nitrogens with zero attached hydrogens (tertiary/aromatic N) is 3. The van der Waals surface area contributed by atoms with Crippen molar-refractivity contribution in [3.63, 3.8) is 0 Å². The van der Waals surface area contributed by atoms with Crippen LogP contribution in [0.1, 0.15) is 23.4 Å². The van der Waals surface area contributed by atoms with E-state index in [4.69, 9.17) is 16.0 Å². The summed E-state index contributed by atoms with van der Waals surface area (Å²) in [5, 5.41) is 3.32. The summed E-state index contributed by atoms with van der Waals surface area (Å²) in [7, 11) is 0. The number of hydrogen-bond donors (Lipinski definition) is 1. The van der Waals surface area contributed by atoms with E-state index in [0.29, 0.717) is 49.9 Å². The summed E-state index contributed by atoms with van der Waals surface area (Å²) in [5.41, 5.74) is 0.588. The van der Waals surface area contributed by atoms with E-state index in [2.05, 4.69) is 5.32 Å². The Bertz CT molecular complexity index is 941. The molecule has 0 aliphatic carbocycles. The van der Waals surface area contributed by atoms with Gasteiger partial charge in [0, 0.05) is 32.7 Å². The quantitative estimate of drug-likeness (QED) is 0.764. The minimum absolute atomic E-state index is 0.0300. The highest BCUT2D eigenvalue weighted by Gasteiger charge is 2.38. The zero-order valence-corrected chi connectivity index (χ0v) is 17.9. The average Bonchev–Trinajstić information content (AvgIpc) is 3.47.